The molecule has 0 radical (unpaired) electrons. The molecule has 4 nitrogen and oxygen atoms in total. The Balaban J connectivity index is 1.79. The lowest BCUT2D eigenvalue weighted by Crippen LogP contribution is -2.08. The minimum absolute atomic E-state index is 0.785. The fourth-order valence-electron chi connectivity index (χ4n) is 1.72. The molecule has 0 bridgehead atoms. The van der Waals surface area contributed by atoms with Gasteiger partial charge in [0.2, 0.25) is 5.95 Å². The summed E-state index contributed by atoms with van der Waals surface area (Å²) < 4.78 is 7.47. The van der Waals surface area contributed by atoms with Crippen molar-refractivity contribution in [3.63, 3.8) is 0 Å². The lowest BCUT2D eigenvalue weighted by molar-refractivity contribution is 0.142. The van der Waals surface area contributed by atoms with Gasteiger partial charge in [0, 0.05) is 37.0 Å². The molecule has 2 heterocycles. The number of nitrogens with one attached hydrogen (secondary N) is 1. The lowest BCUT2D eigenvalue weighted by Gasteiger charge is -2.09. The summed E-state index contributed by atoms with van der Waals surface area (Å²) in [6.45, 7) is 5.38. The Morgan fingerprint density at radius 2 is 2.44 bits per heavy atom. The second-order valence-electron chi connectivity index (χ2n) is 3.93. The summed E-state index contributed by atoms with van der Waals surface area (Å²) in [4.78, 5) is 5.65. The van der Waals surface area contributed by atoms with Crippen LogP contribution in [-0.4, -0.2) is 22.8 Å². The Hall–Kier alpha value is -1.33. The average Bonchev–Trinajstić information content (AvgIpc) is 3.03. The average molecular weight is 265 g/mol. The van der Waals surface area contributed by atoms with Crippen molar-refractivity contribution >= 4 is 17.3 Å². The van der Waals surface area contributed by atoms with Crippen LogP contribution in [0.2, 0.25) is 0 Å². The molecule has 0 fully saturated rings. The number of imidazole rings is 1. The number of hydrogen-bond acceptors (Lipinski definition) is 4. The summed E-state index contributed by atoms with van der Waals surface area (Å²) in [7, 11) is 0. The maximum atomic E-state index is 5.34. The van der Waals surface area contributed by atoms with E-state index in [0.717, 1.165) is 38.7 Å². The van der Waals surface area contributed by atoms with Crippen LogP contribution in [0, 0.1) is 0 Å². The highest BCUT2D eigenvalue weighted by atomic mass is 32.1. The molecular formula is C13H19N3OS. The van der Waals surface area contributed by atoms with Crippen molar-refractivity contribution < 1.29 is 4.74 Å². The number of hydrogen-bond donors (Lipinski definition) is 1. The number of anilines is 1. The highest BCUT2D eigenvalue weighted by Crippen LogP contribution is 2.12. The highest BCUT2D eigenvalue weighted by molar-refractivity contribution is 7.09. The van der Waals surface area contributed by atoms with Crippen molar-refractivity contribution in [1.82, 2.24) is 9.55 Å². The van der Waals surface area contributed by atoms with Crippen molar-refractivity contribution in [2.75, 3.05) is 18.5 Å². The van der Waals surface area contributed by atoms with Gasteiger partial charge in [-0.25, -0.2) is 4.98 Å². The Bertz CT molecular complexity index is 439. The van der Waals surface area contributed by atoms with Gasteiger partial charge in [-0.05, 0) is 24.8 Å². The monoisotopic (exact) mass is 265 g/mol. The molecule has 2 aromatic rings. The molecule has 18 heavy (non-hydrogen) atoms. The maximum absolute atomic E-state index is 5.34. The van der Waals surface area contributed by atoms with Gasteiger partial charge in [0.1, 0.15) is 0 Å². The summed E-state index contributed by atoms with van der Waals surface area (Å²) in [5.41, 5.74) is 0. The van der Waals surface area contributed by atoms with E-state index in [4.69, 9.17) is 4.74 Å². The Kier molecular flexibility index (Phi) is 5.23. The van der Waals surface area contributed by atoms with Crippen molar-refractivity contribution in [2.24, 2.45) is 0 Å². The third kappa shape index (κ3) is 3.85. The third-order valence-electron chi connectivity index (χ3n) is 2.61. The van der Waals surface area contributed by atoms with Gasteiger partial charge in [-0.3, -0.25) is 0 Å². The quantitative estimate of drug-likeness (QED) is 0.746. The van der Waals surface area contributed by atoms with Crippen LogP contribution >= 0.6 is 11.3 Å². The molecule has 1 N–H and O–H groups in total. The first-order chi connectivity index (χ1) is 8.90. The van der Waals surface area contributed by atoms with Crippen LogP contribution < -0.4 is 5.32 Å². The summed E-state index contributed by atoms with van der Waals surface area (Å²) >= 11 is 1.76. The summed E-state index contributed by atoms with van der Waals surface area (Å²) in [6, 6.07) is 4.19. The van der Waals surface area contributed by atoms with E-state index in [-0.39, 0.29) is 0 Å². The first kappa shape index (κ1) is 13.1. The zero-order valence-electron chi connectivity index (χ0n) is 10.6. The van der Waals surface area contributed by atoms with E-state index < -0.39 is 0 Å². The third-order valence-corrected chi connectivity index (χ3v) is 3.48. The summed E-state index contributed by atoms with van der Waals surface area (Å²) in [5, 5.41) is 5.45. The fraction of sp³-hybridized carbons (Fsp3) is 0.462. The maximum Gasteiger partial charge on any atom is 0.203 e. The van der Waals surface area contributed by atoms with Gasteiger partial charge >= 0.3 is 0 Å². The topological polar surface area (TPSA) is 39.1 Å². The van der Waals surface area contributed by atoms with E-state index in [1.54, 1.807) is 11.3 Å². The van der Waals surface area contributed by atoms with Crippen LogP contribution in [-0.2, 0) is 17.8 Å². The number of thiophene rings is 1. The molecule has 0 spiro atoms. The predicted octanol–water partition coefficient (Wildman–Crippen LogP) is 2.98. The Morgan fingerprint density at radius 1 is 1.50 bits per heavy atom. The molecule has 98 valence electrons. The number of ether oxygens (including phenoxy) is 1. The second-order valence-corrected chi connectivity index (χ2v) is 4.96. The van der Waals surface area contributed by atoms with Crippen LogP contribution in [0.1, 0.15) is 18.2 Å². The molecule has 0 amide bonds. The van der Waals surface area contributed by atoms with E-state index >= 15 is 0 Å². The normalized spacial score (nSPS) is 10.7. The first-order valence-corrected chi connectivity index (χ1v) is 7.13. The van der Waals surface area contributed by atoms with Crippen LogP contribution in [0.25, 0.3) is 0 Å². The van der Waals surface area contributed by atoms with Gasteiger partial charge in [-0.2, -0.15) is 0 Å². The molecule has 0 aromatic carbocycles. The molecule has 0 saturated carbocycles. The predicted molar refractivity (Wildman–Crippen MR) is 75.0 cm³/mol. The first-order valence-electron chi connectivity index (χ1n) is 6.25. The van der Waals surface area contributed by atoms with Crippen LogP contribution in [0.3, 0.4) is 0 Å². The summed E-state index contributed by atoms with van der Waals surface area (Å²) in [5.74, 6) is 0.930. The van der Waals surface area contributed by atoms with E-state index in [0.29, 0.717) is 0 Å². The molecule has 0 aliphatic heterocycles. The van der Waals surface area contributed by atoms with Gasteiger partial charge in [0.15, 0.2) is 0 Å². The van der Waals surface area contributed by atoms with Crippen LogP contribution in [0.15, 0.2) is 29.9 Å². The molecule has 0 atom stereocenters. The van der Waals surface area contributed by atoms with Gasteiger partial charge in [-0.15, -0.1) is 11.3 Å². The van der Waals surface area contributed by atoms with Crippen LogP contribution in [0.5, 0.6) is 0 Å². The number of aromatic nitrogens is 2. The van der Waals surface area contributed by atoms with Crippen molar-refractivity contribution in [2.45, 2.75) is 26.4 Å². The van der Waals surface area contributed by atoms with E-state index in [1.807, 2.05) is 19.3 Å². The van der Waals surface area contributed by atoms with Gasteiger partial charge in [0.05, 0.1) is 6.54 Å². The fourth-order valence-corrected chi connectivity index (χ4v) is 2.36. The molecule has 5 heteroatoms. The molecule has 0 saturated heterocycles. The minimum Gasteiger partial charge on any atom is -0.382 e. The van der Waals surface area contributed by atoms with Crippen molar-refractivity contribution in [1.29, 1.82) is 0 Å². The Labute approximate surface area is 112 Å². The molecule has 0 unspecified atom stereocenters. The van der Waals surface area contributed by atoms with E-state index in [9.17, 15) is 0 Å². The van der Waals surface area contributed by atoms with Gasteiger partial charge < -0.3 is 14.6 Å². The van der Waals surface area contributed by atoms with E-state index in [2.05, 4.69) is 32.4 Å². The largest absolute Gasteiger partial charge is 0.382 e. The lowest BCUT2D eigenvalue weighted by atomic mass is 10.4. The summed E-state index contributed by atoms with van der Waals surface area (Å²) in [6.07, 6.45) is 4.85. The molecule has 0 aliphatic rings. The SMILES string of the molecule is CCOCCCn1ccnc1NCc1cccs1. The molecule has 2 rings (SSSR count). The van der Waals surface area contributed by atoms with Gasteiger partial charge in [0.25, 0.3) is 0 Å². The Morgan fingerprint density at radius 3 is 3.22 bits per heavy atom. The number of nitrogens with zero attached hydrogens (tertiary/aromatic N) is 2. The van der Waals surface area contributed by atoms with Crippen molar-refractivity contribution in [3.05, 3.63) is 34.8 Å². The minimum atomic E-state index is 0.785. The van der Waals surface area contributed by atoms with Crippen LogP contribution in [0.4, 0.5) is 5.95 Å². The second kappa shape index (κ2) is 7.18. The molecule has 2 aromatic heterocycles. The molecular weight excluding hydrogens is 246 g/mol. The number of rotatable bonds is 8. The van der Waals surface area contributed by atoms with E-state index in [1.165, 1.54) is 4.88 Å². The smallest absolute Gasteiger partial charge is 0.203 e. The highest BCUT2D eigenvalue weighted by Gasteiger charge is 2.02. The zero-order chi connectivity index (χ0) is 12.6. The zero-order valence-corrected chi connectivity index (χ0v) is 11.4. The van der Waals surface area contributed by atoms with Gasteiger partial charge in [-0.1, -0.05) is 6.07 Å². The number of aryl methyl sites for hydroxylation is 1. The standard InChI is InChI=1S/C13H19N3OS/c1-2-17-9-4-7-16-8-6-14-13(16)15-11-12-5-3-10-18-12/h3,5-6,8,10H,2,4,7,9,11H2,1H3,(H,14,15). The van der Waals surface area contributed by atoms with Crippen molar-refractivity contribution in [3.8, 4) is 0 Å². The molecule has 0 aliphatic carbocycles.